The van der Waals surface area contributed by atoms with Crippen LogP contribution in [0, 0.1) is 0 Å². The topological polar surface area (TPSA) is 68.3 Å². The minimum absolute atomic E-state index is 0.0510. The summed E-state index contributed by atoms with van der Waals surface area (Å²) >= 11 is 0. The summed E-state index contributed by atoms with van der Waals surface area (Å²) in [6.07, 6.45) is 0.978. The van der Waals surface area contributed by atoms with Crippen molar-refractivity contribution in [3.05, 3.63) is 24.3 Å². The van der Waals surface area contributed by atoms with Gasteiger partial charge in [-0.25, -0.2) is 8.42 Å². The van der Waals surface area contributed by atoms with E-state index in [1.165, 1.54) is 0 Å². The van der Waals surface area contributed by atoms with Crippen LogP contribution in [-0.4, -0.2) is 23.1 Å². The van der Waals surface area contributed by atoms with Gasteiger partial charge < -0.3 is 0 Å². The van der Waals surface area contributed by atoms with Crippen LogP contribution in [0.5, 0.6) is 0 Å². The van der Waals surface area contributed by atoms with E-state index in [2.05, 4.69) is 0 Å². The Morgan fingerprint density at radius 1 is 0.929 bits per heavy atom. The molecule has 14 heavy (non-hydrogen) atoms. The first-order valence-corrected chi connectivity index (χ1v) is 6.73. The lowest BCUT2D eigenvalue weighted by atomic mass is 10.4. The molecular formula is C7H7FO4S2. The van der Waals surface area contributed by atoms with Gasteiger partial charge in [-0.15, -0.1) is 3.89 Å². The molecular weight excluding hydrogens is 231 g/mol. The molecule has 0 bridgehead atoms. The van der Waals surface area contributed by atoms with Crippen molar-refractivity contribution in [2.45, 2.75) is 9.79 Å². The molecule has 0 spiro atoms. The molecule has 7 heteroatoms. The van der Waals surface area contributed by atoms with Gasteiger partial charge in [-0.3, -0.25) is 0 Å². The van der Waals surface area contributed by atoms with Gasteiger partial charge in [0.1, 0.15) is 0 Å². The summed E-state index contributed by atoms with van der Waals surface area (Å²) < 4.78 is 55.0. The number of rotatable bonds is 2. The molecule has 0 heterocycles. The zero-order valence-corrected chi connectivity index (χ0v) is 8.77. The quantitative estimate of drug-likeness (QED) is 0.713. The first kappa shape index (κ1) is 11.1. The van der Waals surface area contributed by atoms with Gasteiger partial charge in [0.2, 0.25) is 0 Å². The fourth-order valence-electron chi connectivity index (χ4n) is 0.849. The van der Waals surface area contributed by atoms with Crippen molar-refractivity contribution < 1.29 is 20.7 Å². The highest BCUT2D eigenvalue weighted by Crippen LogP contribution is 2.15. The fourth-order valence-corrected chi connectivity index (χ4v) is 1.94. The van der Waals surface area contributed by atoms with Crippen molar-refractivity contribution >= 4 is 20.1 Å². The lowest BCUT2D eigenvalue weighted by Gasteiger charge is -1.98. The van der Waals surface area contributed by atoms with E-state index >= 15 is 0 Å². The van der Waals surface area contributed by atoms with Crippen LogP contribution in [-0.2, 0) is 20.1 Å². The van der Waals surface area contributed by atoms with Crippen LogP contribution < -0.4 is 0 Å². The van der Waals surface area contributed by atoms with Gasteiger partial charge in [0.15, 0.2) is 9.84 Å². The second kappa shape index (κ2) is 3.32. The Bertz CT molecular complexity index is 477. The predicted molar refractivity (Wildman–Crippen MR) is 47.8 cm³/mol. The molecule has 0 aliphatic rings. The largest absolute Gasteiger partial charge is 0.332 e. The Kier molecular flexibility index (Phi) is 2.64. The third kappa shape index (κ3) is 2.52. The molecule has 1 aromatic rings. The van der Waals surface area contributed by atoms with Gasteiger partial charge in [-0.2, -0.15) is 8.42 Å². The van der Waals surface area contributed by atoms with Gasteiger partial charge in [-0.1, -0.05) is 0 Å². The summed E-state index contributed by atoms with van der Waals surface area (Å²) in [5.74, 6) is 0. The zero-order valence-electron chi connectivity index (χ0n) is 7.14. The fraction of sp³-hybridized carbons (Fsp3) is 0.143. The van der Waals surface area contributed by atoms with Crippen LogP contribution in [0.3, 0.4) is 0 Å². The molecule has 0 aliphatic heterocycles. The second-order valence-corrected chi connectivity index (χ2v) is 6.04. The van der Waals surface area contributed by atoms with E-state index in [0.29, 0.717) is 0 Å². The van der Waals surface area contributed by atoms with E-state index in [4.69, 9.17) is 0 Å². The third-order valence-electron chi connectivity index (χ3n) is 1.53. The summed E-state index contributed by atoms with van der Waals surface area (Å²) in [5, 5.41) is 0. The highest BCUT2D eigenvalue weighted by Gasteiger charge is 2.13. The number of sulfone groups is 1. The maximum Gasteiger partial charge on any atom is 0.332 e. The van der Waals surface area contributed by atoms with Crippen LogP contribution in [0.2, 0.25) is 0 Å². The predicted octanol–water partition coefficient (Wildman–Crippen LogP) is 0.748. The van der Waals surface area contributed by atoms with Gasteiger partial charge in [0.05, 0.1) is 9.79 Å². The maximum atomic E-state index is 12.4. The van der Waals surface area contributed by atoms with Crippen LogP contribution in [0.4, 0.5) is 3.89 Å². The highest BCUT2D eigenvalue weighted by molar-refractivity contribution is 7.90. The first-order valence-electron chi connectivity index (χ1n) is 3.46. The van der Waals surface area contributed by atoms with Crippen molar-refractivity contribution in [1.29, 1.82) is 0 Å². The van der Waals surface area contributed by atoms with Crippen LogP contribution in [0.15, 0.2) is 34.1 Å². The molecule has 4 nitrogen and oxygen atoms in total. The molecule has 0 fully saturated rings. The van der Waals surface area contributed by atoms with E-state index < -0.39 is 25.0 Å². The minimum Gasteiger partial charge on any atom is -0.224 e. The molecule has 0 saturated heterocycles. The van der Waals surface area contributed by atoms with E-state index in [9.17, 15) is 20.7 Å². The molecule has 0 unspecified atom stereocenters. The van der Waals surface area contributed by atoms with Gasteiger partial charge >= 0.3 is 10.2 Å². The molecule has 0 amide bonds. The average Bonchev–Trinajstić information content (AvgIpc) is 2.01. The normalized spacial score (nSPS) is 12.7. The summed E-state index contributed by atoms with van der Waals surface area (Å²) in [6, 6.07) is 3.90. The molecule has 0 radical (unpaired) electrons. The van der Waals surface area contributed by atoms with Crippen molar-refractivity contribution in [1.82, 2.24) is 0 Å². The van der Waals surface area contributed by atoms with Gasteiger partial charge in [0.25, 0.3) is 0 Å². The summed E-state index contributed by atoms with van der Waals surface area (Å²) in [6.45, 7) is 0. The molecule has 0 saturated carbocycles. The Labute approximate surface area is 81.5 Å². The Hall–Kier alpha value is -0.950. The molecule has 0 aliphatic carbocycles. The lowest BCUT2D eigenvalue weighted by Crippen LogP contribution is -1.98. The molecule has 0 N–H and O–H groups in total. The summed E-state index contributed by atoms with van der Waals surface area (Å²) in [7, 11) is -8.14. The number of hydrogen-bond donors (Lipinski definition) is 0. The zero-order chi connectivity index (χ0) is 11.0. The molecule has 0 atom stereocenters. The Balaban J connectivity index is 3.28. The van der Waals surface area contributed by atoms with Crippen LogP contribution in [0.25, 0.3) is 0 Å². The number of halogens is 1. The number of hydrogen-bond acceptors (Lipinski definition) is 4. The summed E-state index contributed by atoms with van der Waals surface area (Å²) in [4.78, 5) is -0.602. The molecule has 1 aromatic carbocycles. The smallest absolute Gasteiger partial charge is 0.224 e. The van der Waals surface area contributed by atoms with E-state index in [0.717, 1.165) is 30.5 Å². The third-order valence-corrected chi connectivity index (χ3v) is 3.50. The molecule has 78 valence electrons. The Morgan fingerprint density at radius 3 is 1.57 bits per heavy atom. The van der Waals surface area contributed by atoms with E-state index in [1.54, 1.807) is 0 Å². The van der Waals surface area contributed by atoms with Crippen molar-refractivity contribution in [2.24, 2.45) is 0 Å². The number of benzene rings is 1. The summed E-state index contributed by atoms with van der Waals surface area (Å²) in [5.41, 5.74) is 0. The monoisotopic (exact) mass is 238 g/mol. The second-order valence-electron chi connectivity index (χ2n) is 2.68. The molecule has 1 rings (SSSR count). The van der Waals surface area contributed by atoms with E-state index in [1.807, 2.05) is 0 Å². The average molecular weight is 238 g/mol. The maximum absolute atomic E-state index is 12.4. The van der Waals surface area contributed by atoms with Crippen molar-refractivity contribution in [2.75, 3.05) is 6.26 Å². The highest BCUT2D eigenvalue weighted by atomic mass is 32.3. The van der Waals surface area contributed by atoms with E-state index in [-0.39, 0.29) is 4.90 Å². The Morgan fingerprint density at radius 2 is 1.29 bits per heavy atom. The molecule has 0 aromatic heterocycles. The van der Waals surface area contributed by atoms with Crippen molar-refractivity contribution in [3.63, 3.8) is 0 Å². The lowest BCUT2D eigenvalue weighted by molar-refractivity contribution is 0.551. The SMILES string of the molecule is CS(=O)(=O)c1ccc(S(=O)(=O)F)cc1. The first-order chi connectivity index (χ1) is 6.21. The van der Waals surface area contributed by atoms with Crippen LogP contribution in [0.1, 0.15) is 0 Å². The minimum atomic E-state index is -4.76. The van der Waals surface area contributed by atoms with Crippen molar-refractivity contribution in [3.8, 4) is 0 Å². The van der Waals surface area contributed by atoms with Gasteiger partial charge in [-0.05, 0) is 24.3 Å². The van der Waals surface area contributed by atoms with Gasteiger partial charge in [0, 0.05) is 6.26 Å². The standard InChI is InChI=1S/C7H7FO4S2/c1-13(9,10)6-2-4-7(5-3-6)14(8,11)12/h2-5H,1H3. The van der Waals surface area contributed by atoms with Crippen LogP contribution >= 0.6 is 0 Å².